The fraction of sp³-hybridized carbons (Fsp3) is 0.375. The van der Waals surface area contributed by atoms with Crippen molar-refractivity contribution in [3.8, 4) is 0 Å². The van der Waals surface area contributed by atoms with Crippen molar-refractivity contribution in [2.45, 2.75) is 32.7 Å². The predicted molar refractivity (Wildman–Crippen MR) is 73.7 cm³/mol. The molecular weight excluding hydrogens is 222 g/mol. The van der Waals surface area contributed by atoms with E-state index in [0.717, 1.165) is 29.7 Å². The molecule has 1 aromatic heterocycles. The lowest BCUT2D eigenvalue weighted by Gasteiger charge is -2.04. The first kappa shape index (κ1) is 11.4. The summed E-state index contributed by atoms with van der Waals surface area (Å²) in [7, 11) is 0. The molecule has 0 bridgehead atoms. The van der Waals surface area contributed by atoms with Crippen LogP contribution in [0.1, 0.15) is 36.3 Å². The number of furan rings is 1. The molecule has 1 N–H and O–H groups in total. The third kappa shape index (κ3) is 2.42. The van der Waals surface area contributed by atoms with Crippen molar-refractivity contribution in [2.24, 2.45) is 5.92 Å². The summed E-state index contributed by atoms with van der Waals surface area (Å²) in [6.07, 6.45) is 1.28. The van der Waals surface area contributed by atoms with E-state index in [1.54, 1.807) is 0 Å². The van der Waals surface area contributed by atoms with Crippen molar-refractivity contribution >= 4 is 5.69 Å². The van der Waals surface area contributed by atoms with Crippen LogP contribution in [0, 0.1) is 12.8 Å². The van der Waals surface area contributed by atoms with E-state index in [4.69, 9.17) is 4.42 Å². The largest absolute Gasteiger partial charge is 0.464 e. The van der Waals surface area contributed by atoms with Gasteiger partial charge in [-0.1, -0.05) is 24.6 Å². The lowest BCUT2D eigenvalue weighted by Crippen LogP contribution is -1.97. The molecule has 1 aliphatic rings. The molecule has 94 valence electrons. The van der Waals surface area contributed by atoms with Crippen LogP contribution in [0.25, 0.3) is 0 Å². The Morgan fingerprint density at radius 1 is 1.17 bits per heavy atom. The highest BCUT2D eigenvalue weighted by molar-refractivity contribution is 5.44. The van der Waals surface area contributed by atoms with Crippen LogP contribution in [0.2, 0.25) is 0 Å². The van der Waals surface area contributed by atoms with E-state index in [-0.39, 0.29) is 0 Å². The van der Waals surface area contributed by atoms with Gasteiger partial charge in [0.25, 0.3) is 0 Å². The van der Waals surface area contributed by atoms with Crippen LogP contribution in [0.15, 0.2) is 40.8 Å². The Kier molecular flexibility index (Phi) is 2.86. The number of anilines is 1. The first-order valence-electron chi connectivity index (χ1n) is 6.61. The standard InChI is InChI=1S/C16H19NO/c1-11-3-5-13(6-4-11)17-10-14-7-8-16(18-14)15-9-12(15)2/h3-8,12,15,17H,9-10H2,1-2H3. The molecule has 0 saturated heterocycles. The Labute approximate surface area is 108 Å². The Balaban J connectivity index is 1.59. The van der Waals surface area contributed by atoms with Gasteiger partial charge in [0.15, 0.2) is 0 Å². The normalized spacial score (nSPS) is 21.9. The summed E-state index contributed by atoms with van der Waals surface area (Å²) in [6.45, 7) is 5.13. The van der Waals surface area contributed by atoms with Gasteiger partial charge in [-0.3, -0.25) is 0 Å². The first-order chi connectivity index (χ1) is 8.72. The van der Waals surface area contributed by atoms with Crippen molar-refractivity contribution < 1.29 is 4.42 Å². The third-order valence-electron chi connectivity index (χ3n) is 3.68. The smallest absolute Gasteiger partial charge is 0.123 e. The summed E-state index contributed by atoms with van der Waals surface area (Å²) in [4.78, 5) is 0. The van der Waals surface area contributed by atoms with Gasteiger partial charge in [0.1, 0.15) is 11.5 Å². The van der Waals surface area contributed by atoms with Crippen LogP contribution in [0.4, 0.5) is 5.69 Å². The molecule has 0 spiro atoms. The van der Waals surface area contributed by atoms with Crippen molar-refractivity contribution in [1.82, 2.24) is 0 Å². The highest BCUT2D eigenvalue weighted by atomic mass is 16.3. The van der Waals surface area contributed by atoms with E-state index in [1.807, 2.05) is 0 Å². The molecule has 0 radical (unpaired) electrons. The van der Waals surface area contributed by atoms with E-state index in [2.05, 4.69) is 55.6 Å². The van der Waals surface area contributed by atoms with Crippen molar-refractivity contribution in [3.63, 3.8) is 0 Å². The monoisotopic (exact) mass is 241 g/mol. The molecule has 2 aromatic rings. The Morgan fingerprint density at radius 3 is 2.56 bits per heavy atom. The number of aryl methyl sites for hydroxylation is 1. The number of rotatable bonds is 4. The molecule has 2 atom stereocenters. The maximum atomic E-state index is 5.86. The van der Waals surface area contributed by atoms with E-state index >= 15 is 0 Å². The summed E-state index contributed by atoms with van der Waals surface area (Å²) >= 11 is 0. The number of nitrogens with one attached hydrogen (secondary N) is 1. The van der Waals surface area contributed by atoms with Gasteiger partial charge >= 0.3 is 0 Å². The van der Waals surface area contributed by atoms with Gasteiger partial charge in [-0.2, -0.15) is 0 Å². The molecule has 1 aliphatic carbocycles. The van der Waals surface area contributed by atoms with E-state index < -0.39 is 0 Å². The maximum Gasteiger partial charge on any atom is 0.123 e. The quantitative estimate of drug-likeness (QED) is 0.862. The van der Waals surface area contributed by atoms with Gasteiger partial charge < -0.3 is 9.73 Å². The van der Waals surface area contributed by atoms with Crippen LogP contribution in [-0.2, 0) is 6.54 Å². The molecule has 0 aliphatic heterocycles. The van der Waals surface area contributed by atoms with Crippen molar-refractivity contribution in [2.75, 3.05) is 5.32 Å². The molecule has 2 unspecified atom stereocenters. The van der Waals surface area contributed by atoms with Crippen LogP contribution in [0.3, 0.4) is 0 Å². The summed E-state index contributed by atoms with van der Waals surface area (Å²) in [5.41, 5.74) is 2.42. The highest BCUT2D eigenvalue weighted by Crippen LogP contribution is 2.47. The van der Waals surface area contributed by atoms with Gasteiger partial charge in [-0.15, -0.1) is 0 Å². The summed E-state index contributed by atoms with van der Waals surface area (Å²) < 4.78 is 5.86. The summed E-state index contributed by atoms with van der Waals surface area (Å²) in [5.74, 6) is 3.64. The SMILES string of the molecule is Cc1ccc(NCc2ccc(C3CC3C)o2)cc1. The zero-order valence-corrected chi connectivity index (χ0v) is 10.9. The van der Waals surface area contributed by atoms with E-state index in [0.29, 0.717) is 5.92 Å². The minimum absolute atomic E-state index is 0.665. The third-order valence-corrected chi connectivity index (χ3v) is 3.68. The molecule has 3 rings (SSSR count). The van der Waals surface area contributed by atoms with Crippen LogP contribution >= 0.6 is 0 Å². The Morgan fingerprint density at radius 2 is 1.89 bits per heavy atom. The molecule has 18 heavy (non-hydrogen) atoms. The number of benzene rings is 1. The first-order valence-corrected chi connectivity index (χ1v) is 6.61. The second kappa shape index (κ2) is 4.52. The zero-order chi connectivity index (χ0) is 12.5. The zero-order valence-electron chi connectivity index (χ0n) is 10.9. The average Bonchev–Trinajstić information content (AvgIpc) is 2.92. The lowest BCUT2D eigenvalue weighted by molar-refractivity contribution is 0.468. The molecule has 0 amide bonds. The van der Waals surface area contributed by atoms with E-state index in [1.165, 1.54) is 12.0 Å². The highest BCUT2D eigenvalue weighted by Gasteiger charge is 2.36. The van der Waals surface area contributed by atoms with Gasteiger partial charge in [0.05, 0.1) is 6.54 Å². The number of hydrogen-bond donors (Lipinski definition) is 1. The van der Waals surface area contributed by atoms with Crippen molar-refractivity contribution in [3.05, 3.63) is 53.5 Å². The van der Waals surface area contributed by atoms with Gasteiger partial charge in [0.2, 0.25) is 0 Å². The second-order valence-corrected chi connectivity index (χ2v) is 5.34. The molecule has 1 heterocycles. The second-order valence-electron chi connectivity index (χ2n) is 5.34. The van der Waals surface area contributed by atoms with Crippen LogP contribution in [0.5, 0.6) is 0 Å². The van der Waals surface area contributed by atoms with Gasteiger partial charge in [-0.05, 0) is 43.5 Å². The maximum absolute atomic E-state index is 5.86. The van der Waals surface area contributed by atoms with Crippen molar-refractivity contribution in [1.29, 1.82) is 0 Å². The fourth-order valence-electron chi connectivity index (χ4n) is 2.27. The Hall–Kier alpha value is -1.70. The topological polar surface area (TPSA) is 25.2 Å². The van der Waals surface area contributed by atoms with Gasteiger partial charge in [-0.25, -0.2) is 0 Å². The van der Waals surface area contributed by atoms with Crippen LogP contribution < -0.4 is 5.32 Å². The number of hydrogen-bond acceptors (Lipinski definition) is 2. The summed E-state index contributed by atoms with van der Waals surface area (Å²) in [6, 6.07) is 12.6. The fourth-order valence-corrected chi connectivity index (χ4v) is 2.27. The average molecular weight is 241 g/mol. The molecule has 2 nitrogen and oxygen atoms in total. The molecule has 1 saturated carbocycles. The van der Waals surface area contributed by atoms with Crippen LogP contribution in [-0.4, -0.2) is 0 Å². The van der Waals surface area contributed by atoms with Gasteiger partial charge in [0, 0.05) is 11.6 Å². The lowest BCUT2D eigenvalue weighted by atomic mass is 10.2. The molecule has 1 fully saturated rings. The molecule has 2 heteroatoms. The van der Waals surface area contributed by atoms with E-state index in [9.17, 15) is 0 Å². The summed E-state index contributed by atoms with van der Waals surface area (Å²) in [5, 5.41) is 3.38. The molecule has 1 aromatic carbocycles. The minimum Gasteiger partial charge on any atom is -0.464 e. The molecular formula is C16H19NO. The predicted octanol–water partition coefficient (Wildman–Crippen LogP) is 4.32. The minimum atomic E-state index is 0.665. The Bertz CT molecular complexity index is 526.